The van der Waals surface area contributed by atoms with Gasteiger partial charge in [0.05, 0.1) is 0 Å². The molecular formula is C30H36Cl2Ti. The van der Waals surface area contributed by atoms with Crippen LogP contribution in [0.2, 0.25) is 8.45 Å². The number of allylic oxidation sites excluding steroid dienone is 2. The Kier molecular flexibility index (Phi) is 7.72. The van der Waals surface area contributed by atoms with E-state index in [1.165, 1.54) is 51.4 Å². The van der Waals surface area contributed by atoms with Crippen molar-refractivity contribution in [3.8, 4) is 0 Å². The minimum absolute atomic E-state index is 0. The van der Waals surface area contributed by atoms with Crippen molar-refractivity contribution in [1.82, 2.24) is 0 Å². The SMILES string of the molecule is CCCC1=Cc2ccccc2[CH]1[Ti+2]1([CH]2C(CCC)=Cc3ccccc32)[CH]2CCCC[CH]21.[Cl-].[Cl-]. The second kappa shape index (κ2) is 10.1. The van der Waals surface area contributed by atoms with Gasteiger partial charge in [0.15, 0.2) is 0 Å². The third kappa shape index (κ3) is 3.76. The number of hydrogen-bond acceptors (Lipinski definition) is 0. The summed E-state index contributed by atoms with van der Waals surface area (Å²) in [6, 6.07) is 19.0. The Bertz CT molecular complexity index is 983. The molecule has 0 spiro atoms. The van der Waals surface area contributed by atoms with Gasteiger partial charge in [0.25, 0.3) is 0 Å². The molecule has 0 nitrogen and oxygen atoms in total. The molecule has 2 fully saturated rings. The maximum absolute atomic E-state index is 2.63. The molecule has 33 heavy (non-hydrogen) atoms. The first-order chi connectivity index (χ1) is 15.3. The molecule has 174 valence electrons. The van der Waals surface area contributed by atoms with Crippen LogP contribution in [-0.2, 0) is 16.6 Å². The molecule has 1 saturated carbocycles. The van der Waals surface area contributed by atoms with Gasteiger partial charge >= 0.3 is 193 Å². The zero-order chi connectivity index (χ0) is 21.0. The van der Waals surface area contributed by atoms with Crippen LogP contribution in [0.15, 0.2) is 59.7 Å². The minimum Gasteiger partial charge on any atom is -1.00 e. The topological polar surface area (TPSA) is 0 Å². The fourth-order valence-electron chi connectivity index (χ4n) is 8.21. The molecule has 1 saturated heterocycles. The first-order valence-corrected chi connectivity index (χ1v) is 16.5. The number of fused-ring (bicyclic) bond motifs is 3. The van der Waals surface area contributed by atoms with E-state index in [-0.39, 0.29) is 24.8 Å². The second-order valence-electron chi connectivity index (χ2n) is 10.6. The van der Waals surface area contributed by atoms with Gasteiger partial charge in [-0.2, -0.15) is 0 Å². The quantitative estimate of drug-likeness (QED) is 0.519. The molecule has 0 bridgehead atoms. The Balaban J connectivity index is 0.00000130. The molecule has 1 heterocycles. The van der Waals surface area contributed by atoms with E-state index in [0.717, 1.165) is 16.9 Å². The van der Waals surface area contributed by atoms with Crippen LogP contribution in [0, 0.1) is 0 Å². The van der Waals surface area contributed by atoms with Crippen LogP contribution < -0.4 is 24.8 Å². The van der Waals surface area contributed by atoms with E-state index in [0.29, 0.717) is 0 Å². The fraction of sp³-hybridized carbons (Fsp3) is 0.467. The van der Waals surface area contributed by atoms with Crippen LogP contribution in [0.3, 0.4) is 0 Å². The molecule has 0 amide bonds. The molecule has 3 heteroatoms. The predicted molar refractivity (Wildman–Crippen MR) is 130 cm³/mol. The van der Waals surface area contributed by atoms with Crippen molar-refractivity contribution >= 4 is 12.2 Å². The number of benzene rings is 2. The normalized spacial score (nSPS) is 28.8. The van der Waals surface area contributed by atoms with Crippen molar-refractivity contribution in [3.63, 3.8) is 0 Å². The van der Waals surface area contributed by atoms with E-state index in [4.69, 9.17) is 0 Å². The van der Waals surface area contributed by atoms with Crippen LogP contribution in [0.25, 0.3) is 12.2 Å². The molecule has 2 aromatic carbocycles. The van der Waals surface area contributed by atoms with Crippen LogP contribution in [0.4, 0.5) is 0 Å². The van der Waals surface area contributed by atoms with E-state index in [1.54, 1.807) is 22.3 Å². The summed E-state index contributed by atoms with van der Waals surface area (Å²) in [5, 5.41) is 0. The van der Waals surface area contributed by atoms with Crippen molar-refractivity contribution < 1.29 is 41.4 Å². The zero-order valence-electron chi connectivity index (χ0n) is 20.0. The predicted octanol–water partition coefficient (Wildman–Crippen LogP) is 3.19. The number of halogens is 2. The molecule has 4 unspecified atom stereocenters. The Morgan fingerprint density at radius 1 is 0.667 bits per heavy atom. The monoisotopic (exact) mass is 514 g/mol. The van der Waals surface area contributed by atoms with Crippen LogP contribution >= 0.6 is 0 Å². The number of rotatable bonds is 6. The summed E-state index contributed by atoms with van der Waals surface area (Å²) in [4.78, 5) is 0. The van der Waals surface area contributed by atoms with Gasteiger partial charge in [-0.05, 0) is 0 Å². The Hall–Kier alpha value is -0.786. The van der Waals surface area contributed by atoms with Gasteiger partial charge in [0, 0.05) is 0 Å². The molecule has 4 aliphatic rings. The zero-order valence-corrected chi connectivity index (χ0v) is 23.1. The smallest absolute Gasteiger partial charge is 1.00 e. The molecule has 2 aromatic rings. The third-order valence-corrected chi connectivity index (χ3v) is 19.9. The average Bonchev–Trinajstić information content (AvgIpc) is 3.10. The van der Waals surface area contributed by atoms with Crippen LogP contribution in [0.1, 0.15) is 95.9 Å². The van der Waals surface area contributed by atoms with Crippen LogP contribution in [0.5, 0.6) is 0 Å². The Morgan fingerprint density at radius 3 is 1.52 bits per heavy atom. The van der Waals surface area contributed by atoms with E-state index in [1.807, 2.05) is 11.1 Å². The molecular weight excluding hydrogens is 479 g/mol. The van der Waals surface area contributed by atoms with Gasteiger partial charge in [-0.1, -0.05) is 0 Å². The van der Waals surface area contributed by atoms with E-state index in [9.17, 15) is 0 Å². The molecule has 4 atom stereocenters. The molecule has 0 radical (unpaired) electrons. The summed E-state index contributed by atoms with van der Waals surface area (Å²) in [6.45, 7) is 4.77. The molecule has 6 rings (SSSR count). The van der Waals surface area contributed by atoms with Crippen molar-refractivity contribution in [2.75, 3.05) is 0 Å². The van der Waals surface area contributed by atoms with E-state index < -0.39 is 16.6 Å². The third-order valence-electron chi connectivity index (χ3n) is 9.06. The summed E-state index contributed by atoms with van der Waals surface area (Å²) in [5.74, 6) is 0. The summed E-state index contributed by atoms with van der Waals surface area (Å²) in [5.41, 5.74) is 10.2. The van der Waals surface area contributed by atoms with Crippen molar-refractivity contribution in [2.45, 2.75) is 82.1 Å². The summed E-state index contributed by atoms with van der Waals surface area (Å²) >= 11 is -2.33. The largest absolute Gasteiger partial charge is 1.00 e. The Labute approximate surface area is 216 Å². The maximum atomic E-state index is 2.63. The molecule has 1 aliphatic heterocycles. The minimum atomic E-state index is -2.33. The average molecular weight is 515 g/mol. The molecule has 3 aliphatic carbocycles. The van der Waals surface area contributed by atoms with Crippen molar-refractivity contribution in [3.05, 3.63) is 81.9 Å². The van der Waals surface area contributed by atoms with Gasteiger partial charge in [-0.3, -0.25) is 0 Å². The Morgan fingerprint density at radius 2 is 1.09 bits per heavy atom. The summed E-state index contributed by atoms with van der Waals surface area (Å²) < 4.78 is 3.78. The molecule has 0 aromatic heterocycles. The maximum Gasteiger partial charge on any atom is -1.00 e. The van der Waals surface area contributed by atoms with Crippen LogP contribution in [-0.4, -0.2) is 0 Å². The fourth-order valence-corrected chi connectivity index (χ4v) is 22.4. The van der Waals surface area contributed by atoms with E-state index >= 15 is 0 Å². The summed E-state index contributed by atoms with van der Waals surface area (Å²) in [6.07, 6.45) is 16.4. The van der Waals surface area contributed by atoms with Gasteiger partial charge in [-0.15, -0.1) is 0 Å². The van der Waals surface area contributed by atoms with Gasteiger partial charge in [0.1, 0.15) is 0 Å². The van der Waals surface area contributed by atoms with Gasteiger partial charge in [-0.25, -0.2) is 0 Å². The molecule has 0 N–H and O–H groups in total. The second-order valence-corrected chi connectivity index (χ2v) is 17.8. The standard InChI is InChI=1S/2C12H13.C6H10.2ClH.Ti/c2*1-2-5-10-8-11-6-3-4-7-12(11)9-10;1-2-4-6-5-3-1;;;/h2*3-4,6-9H,2,5H2,1H3;1-2H,3-6H2;2*1H;/q;;;;;+2/p-2. The number of hydrogen-bond donors (Lipinski definition) is 0. The first kappa shape index (κ1) is 25.3. The summed E-state index contributed by atoms with van der Waals surface area (Å²) in [7, 11) is 0. The van der Waals surface area contributed by atoms with Crippen molar-refractivity contribution in [1.29, 1.82) is 0 Å². The van der Waals surface area contributed by atoms with Gasteiger partial charge in [0.2, 0.25) is 0 Å². The van der Waals surface area contributed by atoms with E-state index in [2.05, 4.69) is 74.5 Å². The van der Waals surface area contributed by atoms with Gasteiger partial charge < -0.3 is 24.8 Å². The first-order valence-electron chi connectivity index (χ1n) is 12.9. The van der Waals surface area contributed by atoms with Crippen molar-refractivity contribution in [2.24, 2.45) is 0 Å².